The molecule has 9 heteroatoms. The van der Waals surface area contributed by atoms with Crippen molar-refractivity contribution in [3.05, 3.63) is 46.7 Å². The van der Waals surface area contributed by atoms with E-state index in [-0.39, 0.29) is 18.2 Å². The number of aliphatic imine (C=N–C) groups is 1. The van der Waals surface area contributed by atoms with Crippen LogP contribution >= 0.6 is 11.6 Å². The van der Waals surface area contributed by atoms with E-state index in [0.29, 0.717) is 22.4 Å². The van der Waals surface area contributed by atoms with Crippen molar-refractivity contribution >= 4 is 41.1 Å². The molecule has 0 spiro atoms. The minimum atomic E-state index is -0.696. The SMILES string of the molecule is Cc1c[n+]2c(n1CC(=O)c1ccc(Cl)cc1)N=C1C2C(=O)N(C)C(=O)N1C. The molecular formula is C18H17ClN5O3+. The number of likely N-dealkylation sites (N-methyl/N-ethyl adjacent to an activating group) is 2. The zero-order chi connectivity index (χ0) is 19.5. The third-order valence-corrected chi connectivity index (χ3v) is 5.16. The largest absolute Gasteiger partial charge is 0.402 e. The second-order valence-corrected chi connectivity index (χ2v) is 7.04. The van der Waals surface area contributed by atoms with Gasteiger partial charge >= 0.3 is 12.0 Å². The van der Waals surface area contributed by atoms with E-state index in [4.69, 9.17) is 11.6 Å². The highest BCUT2D eigenvalue weighted by atomic mass is 35.5. The number of aromatic nitrogens is 2. The van der Waals surface area contributed by atoms with Crippen molar-refractivity contribution in [2.45, 2.75) is 19.5 Å². The number of Topliss-reactive ketones (excluding diaryl/α,β-unsaturated/α-hetero) is 1. The lowest BCUT2D eigenvalue weighted by Crippen LogP contribution is -2.61. The fraction of sp³-hybridized carbons (Fsp3) is 0.278. The number of carbonyl (C=O) groups excluding carboxylic acids is 3. The molecule has 0 N–H and O–H groups in total. The zero-order valence-electron chi connectivity index (χ0n) is 15.0. The number of ketones is 1. The third-order valence-electron chi connectivity index (χ3n) is 4.91. The van der Waals surface area contributed by atoms with Crippen molar-refractivity contribution in [3.63, 3.8) is 0 Å². The maximum Gasteiger partial charge on any atom is 0.402 e. The molecule has 1 saturated heterocycles. The maximum atomic E-state index is 12.7. The minimum Gasteiger partial charge on any atom is -0.291 e. The van der Waals surface area contributed by atoms with Gasteiger partial charge in [0, 0.05) is 24.7 Å². The molecule has 138 valence electrons. The Kier molecular flexibility index (Phi) is 3.88. The van der Waals surface area contributed by atoms with Crippen LogP contribution in [0.2, 0.25) is 5.02 Å². The number of amidine groups is 1. The molecule has 1 aromatic heterocycles. The normalized spacial score (nSPS) is 18.5. The predicted octanol–water partition coefficient (Wildman–Crippen LogP) is 1.73. The first-order chi connectivity index (χ1) is 12.8. The van der Waals surface area contributed by atoms with Crippen LogP contribution in [0.15, 0.2) is 35.5 Å². The summed E-state index contributed by atoms with van der Waals surface area (Å²) >= 11 is 5.88. The van der Waals surface area contributed by atoms with Crippen LogP contribution in [-0.2, 0) is 11.3 Å². The number of hydrogen-bond acceptors (Lipinski definition) is 4. The summed E-state index contributed by atoms with van der Waals surface area (Å²) in [5.41, 5.74) is 1.34. The van der Waals surface area contributed by atoms with Gasteiger partial charge in [-0.05, 0) is 31.2 Å². The van der Waals surface area contributed by atoms with E-state index in [0.717, 1.165) is 10.6 Å². The van der Waals surface area contributed by atoms with E-state index in [9.17, 15) is 14.4 Å². The van der Waals surface area contributed by atoms with Gasteiger partial charge in [-0.25, -0.2) is 13.9 Å². The van der Waals surface area contributed by atoms with E-state index in [1.54, 1.807) is 46.6 Å². The summed E-state index contributed by atoms with van der Waals surface area (Å²) in [6, 6.07) is 5.56. The van der Waals surface area contributed by atoms with Gasteiger partial charge < -0.3 is 0 Å². The molecule has 0 saturated carbocycles. The van der Waals surface area contributed by atoms with Crippen molar-refractivity contribution < 1.29 is 19.0 Å². The topological polar surface area (TPSA) is 78.9 Å². The Morgan fingerprint density at radius 2 is 1.85 bits per heavy atom. The molecule has 0 aliphatic carbocycles. The Bertz CT molecular complexity index is 1020. The molecule has 3 amide bonds. The number of urea groups is 1. The molecule has 27 heavy (non-hydrogen) atoms. The van der Waals surface area contributed by atoms with Gasteiger partial charge in [0.05, 0.1) is 0 Å². The Labute approximate surface area is 160 Å². The molecule has 1 unspecified atom stereocenters. The lowest BCUT2D eigenvalue weighted by Gasteiger charge is -2.30. The number of benzene rings is 1. The second-order valence-electron chi connectivity index (χ2n) is 6.61. The molecule has 0 radical (unpaired) electrons. The van der Waals surface area contributed by atoms with E-state index in [1.165, 1.54) is 11.9 Å². The van der Waals surface area contributed by atoms with Crippen LogP contribution in [0, 0.1) is 6.92 Å². The molecule has 2 aromatic rings. The number of halogens is 1. The predicted molar refractivity (Wildman–Crippen MR) is 97.2 cm³/mol. The highest BCUT2D eigenvalue weighted by Crippen LogP contribution is 2.28. The molecular weight excluding hydrogens is 370 g/mol. The molecule has 2 aliphatic heterocycles. The summed E-state index contributed by atoms with van der Waals surface area (Å²) in [6.07, 6.45) is 1.78. The summed E-state index contributed by atoms with van der Waals surface area (Å²) in [5, 5.41) is 0.561. The number of aryl methyl sites for hydroxylation is 1. The van der Waals surface area contributed by atoms with Crippen LogP contribution in [0.25, 0.3) is 0 Å². The number of rotatable bonds is 3. The van der Waals surface area contributed by atoms with Crippen LogP contribution in [-0.4, -0.2) is 52.0 Å². The van der Waals surface area contributed by atoms with Gasteiger partial charge in [0.2, 0.25) is 11.9 Å². The lowest BCUT2D eigenvalue weighted by atomic mass is 10.1. The van der Waals surface area contributed by atoms with Crippen molar-refractivity contribution in [2.75, 3.05) is 14.1 Å². The summed E-state index contributed by atoms with van der Waals surface area (Å²) in [5.74, 6) is 0.391. The van der Waals surface area contributed by atoms with Gasteiger partial charge in [0.1, 0.15) is 18.4 Å². The minimum absolute atomic E-state index is 0.0704. The number of carbonyl (C=O) groups is 3. The number of hydrogen-bond donors (Lipinski definition) is 0. The highest BCUT2D eigenvalue weighted by molar-refractivity contribution is 6.30. The smallest absolute Gasteiger partial charge is 0.291 e. The highest BCUT2D eigenvalue weighted by Gasteiger charge is 2.52. The van der Waals surface area contributed by atoms with Crippen molar-refractivity contribution in [1.82, 2.24) is 14.4 Å². The Hall–Kier alpha value is -3.00. The third kappa shape index (κ3) is 2.56. The standard InChI is InChI=1S/C18H17ClN5O3/c1-10-8-24-14-15(21(2)18(27)22(3)16(14)26)20-17(24)23(10)9-13(25)11-4-6-12(19)7-5-11/h4-8,14H,9H2,1-3H3/q+1. The number of amides is 3. The summed E-state index contributed by atoms with van der Waals surface area (Å²) in [4.78, 5) is 44.4. The monoisotopic (exact) mass is 386 g/mol. The van der Waals surface area contributed by atoms with Gasteiger partial charge in [0.25, 0.3) is 5.91 Å². The molecule has 2 aliphatic rings. The molecule has 3 heterocycles. The summed E-state index contributed by atoms with van der Waals surface area (Å²) in [7, 11) is 3.03. The Morgan fingerprint density at radius 1 is 1.19 bits per heavy atom. The van der Waals surface area contributed by atoms with E-state index in [2.05, 4.69) is 4.99 Å². The summed E-state index contributed by atoms with van der Waals surface area (Å²) in [6.45, 7) is 1.92. The van der Waals surface area contributed by atoms with Crippen LogP contribution in [0.3, 0.4) is 0 Å². The Balaban J connectivity index is 1.72. The fourth-order valence-corrected chi connectivity index (χ4v) is 3.50. The molecule has 0 bridgehead atoms. The Morgan fingerprint density at radius 3 is 2.52 bits per heavy atom. The van der Waals surface area contributed by atoms with Gasteiger partial charge in [-0.2, -0.15) is 0 Å². The number of imidazole rings is 1. The quantitative estimate of drug-likeness (QED) is 0.595. The van der Waals surface area contributed by atoms with Crippen LogP contribution in [0.4, 0.5) is 10.7 Å². The molecule has 1 fully saturated rings. The van der Waals surface area contributed by atoms with Crippen molar-refractivity contribution in [1.29, 1.82) is 0 Å². The van der Waals surface area contributed by atoms with Gasteiger partial charge in [-0.1, -0.05) is 16.6 Å². The second kappa shape index (κ2) is 6.02. The van der Waals surface area contributed by atoms with Gasteiger partial charge in [-0.3, -0.25) is 19.4 Å². The fourth-order valence-electron chi connectivity index (χ4n) is 3.38. The summed E-state index contributed by atoms with van der Waals surface area (Å²) < 4.78 is 3.45. The molecule has 1 aromatic carbocycles. The van der Waals surface area contributed by atoms with Crippen LogP contribution < -0.4 is 4.57 Å². The number of imide groups is 1. The molecule has 4 rings (SSSR count). The van der Waals surface area contributed by atoms with Crippen molar-refractivity contribution in [2.24, 2.45) is 4.99 Å². The zero-order valence-corrected chi connectivity index (χ0v) is 15.8. The molecule has 8 nitrogen and oxygen atoms in total. The van der Waals surface area contributed by atoms with Gasteiger partial charge in [0.15, 0.2) is 5.78 Å². The average Bonchev–Trinajstić information content (AvgIpc) is 3.15. The number of fused-ring (bicyclic) bond motifs is 3. The first kappa shape index (κ1) is 17.4. The van der Waals surface area contributed by atoms with E-state index >= 15 is 0 Å². The van der Waals surface area contributed by atoms with Crippen molar-refractivity contribution in [3.8, 4) is 0 Å². The lowest BCUT2D eigenvalue weighted by molar-refractivity contribution is -0.677. The van der Waals surface area contributed by atoms with Crippen LogP contribution in [0.1, 0.15) is 22.1 Å². The average molecular weight is 387 g/mol. The molecule has 1 atom stereocenters. The first-order valence-corrected chi connectivity index (χ1v) is 8.71. The number of nitrogens with zero attached hydrogens (tertiary/aromatic N) is 5. The first-order valence-electron chi connectivity index (χ1n) is 8.33. The maximum absolute atomic E-state index is 12.7. The van der Waals surface area contributed by atoms with E-state index < -0.39 is 12.1 Å². The van der Waals surface area contributed by atoms with Gasteiger partial charge in [-0.15, -0.1) is 0 Å². The van der Waals surface area contributed by atoms with Crippen LogP contribution in [0.5, 0.6) is 0 Å². The van der Waals surface area contributed by atoms with E-state index in [1.807, 2.05) is 6.92 Å².